The van der Waals surface area contributed by atoms with Gasteiger partial charge in [0.2, 0.25) is 0 Å². The van der Waals surface area contributed by atoms with Gasteiger partial charge in [-0.25, -0.2) is 0 Å². The van der Waals surface area contributed by atoms with Crippen molar-refractivity contribution in [2.45, 2.75) is 90.0 Å². The van der Waals surface area contributed by atoms with E-state index >= 15 is 0 Å². The molecule has 0 spiro atoms. The third-order valence-electron chi connectivity index (χ3n) is 15.8. The van der Waals surface area contributed by atoms with Crippen molar-refractivity contribution in [2.24, 2.45) is 0 Å². The zero-order valence-electron chi connectivity index (χ0n) is 39.7. The Labute approximate surface area is 392 Å². The summed E-state index contributed by atoms with van der Waals surface area (Å²) >= 11 is 0. The van der Waals surface area contributed by atoms with Gasteiger partial charge in [0.05, 0.1) is 11.0 Å². The smallest absolute Gasteiger partial charge is 0.252 e. The molecule has 0 aromatic heterocycles. The summed E-state index contributed by atoms with van der Waals surface area (Å²) in [6.45, 7) is 18.8. The Morgan fingerprint density at radius 2 is 1.05 bits per heavy atom. The summed E-state index contributed by atoms with van der Waals surface area (Å²) in [6, 6.07) is 70.0. The second-order valence-corrected chi connectivity index (χ2v) is 21.6. The Kier molecular flexibility index (Phi) is 8.86. The maximum absolute atomic E-state index is 2.75. The Morgan fingerprint density at radius 3 is 1.76 bits per heavy atom. The van der Waals surface area contributed by atoms with Crippen molar-refractivity contribution in [1.82, 2.24) is 0 Å². The molecular formula is C62H58BN3. The SMILES string of the molecule is Cc1cc2c3c(c1)N(c1ccc(C(C)(C)C)cc1)c1cc(N4c5ccc(C(C)(C)C)cc5C5(c6ccccc6)CCc6ccccc6C45C)ccc1B3c1ccccc1N2c1ccccc1. The quantitative estimate of drug-likeness (QED) is 0.163. The summed E-state index contributed by atoms with van der Waals surface area (Å²) < 4.78 is 0. The van der Waals surface area contributed by atoms with Crippen LogP contribution in [0.1, 0.15) is 93.8 Å². The average molecular weight is 856 g/mol. The van der Waals surface area contributed by atoms with Crippen LogP contribution in [0.15, 0.2) is 182 Å². The Morgan fingerprint density at radius 1 is 0.470 bits per heavy atom. The number of anilines is 8. The van der Waals surface area contributed by atoms with E-state index in [0.29, 0.717) is 0 Å². The predicted molar refractivity (Wildman–Crippen MR) is 281 cm³/mol. The van der Waals surface area contributed by atoms with E-state index in [9.17, 15) is 0 Å². The summed E-state index contributed by atoms with van der Waals surface area (Å²) in [5.74, 6) is 0. The molecule has 0 radical (unpaired) electrons. The highest BCUT2D eigenvalue weighted by Crippen LogP contribution is 2.67. The monoisotopic (exact) mass is 855 g/mol. The van der Waals surface area contributed by atoms with Crippen molar-refractivity contribution >= 4 is 68.6 Å². The fourth-order valence-corrected chi connectivity index (χ4v) is 12.6. The molecule has 324 valence electrons. The van der Waals surface area contributed by atoms with E-state index in [1.54, 1.807) is 0 Å². The standard InChI is InChI=1S/C62H58BN3/c1-41-37-56-58-57(38-41)65(47-30-27-43(28-31-47)59(2,3)4)55-40-48(32-33-52(55)63(58)51-25-17-18-26-54(51)64(56)46-22-13-10-14-23-46)66-53-34-29-45(60(5,6)7)39-50(53)62(44-20-11-9-12-21-44)36-35-42-19-15-16-24-49(42)61(62,66)8/h9-34,37-40H,35-36H2,1-8H3. The number of rotatable bonds is 4. The van der Waals surface area contributed by atoms with Gasteiger partial charge in [0.1, 0.15) is 0 Å². The van der Waals surface area contributed by atoms with Gasteiger partial charge in [-0.3, -0.25) is 0 Å². The molecular weight excluding hydrogens is 798 g/mol. The first-order valence-electron chi connectivity index (χ1n) is 24.0. The van der Waals surface area contributed by atoms with Crippen molar-refractivity contribution in [2.75, 3.05) is 14.7 Å². The first-order chi connectivity index (χ1) is 31.8. The molecule has 4 aliphatic rings. The fourth-order valence-electron chi connectivity index (χ4n) is 12.6. The van der Waals surface area contributed by atoms with Crippen LogP contribution >= 0.6 is 0 Å². The van der Waals surface area contributed by atoms with Crippen LogP contribution in [0.3, 0.4) is 0 Å². The molecule has 2 atom stereocenters. The molecule has 1 aliphatic carbocycles. The number of aryl methyl sites for hydroxylation is 2. The Hall–Kier alpha value is -6.78. The highest BCUT2D eigenvalue weighted by molar-refractivity contribution is 7.00. The molecule has 8 aromatic rings. The van der Waals surface area contributed by atoms with E-state index in [-0.39, 0.29) is 23.0 Å². The first kappa shape index (κ1) is 40.7. The minimum absolute atomic E-state index is 0.00504. The summed E-state index contributed by atoms with van der Waals surface area (Å²) in [4.78, 5) is 7.84. The molecule has 0 fully saturated rings. The van der Waals surface area contributed by atoms with Gasteiger partial charge >= 0.3 is 0 Å². The van der Waals surface area contributed by atoms with E-state index in [1.165, 1.54) is 101 Å². The van der Waals surface area contributed by atoms with Gasteiger partial charge in [-0.2, -0.15) is 0 Å². The number of fused-ring (bicyclic) bond motifs is 9. The van der Waals surface area contributed by atoms with Crippen LogP contribution in [0.4, 0.5) is 45.5 Å². The van der Waals surface area contributed by atoms with Crippen LogP contribution in [0.2, 0.25) is 0 Å². The van der Waals surface area contributed by atoms with Crippen LogP contribution in [0.25, 0.3) is 0 Å². The van der Waals surface area contributed by atoms with Gasteiger partial charge in [0.25, 0.3) is 6.71 Å². The molecule has 0 saturated heterocycles. The highest BCUT2D eigenvalue weighted by atomic mass is 15.3. The molecule has 8 aromatic carbocycles. The largest absolute Gasteiger partial charge is 0.330 e. The van der Waals surface area contributed by atoms with Crippen molar-refractivity contribution in [3.8, 4) is 0 Å². The number of nitrogens with zero attached hydrogens (tertiary/aromatic N) is 3. The van der Waals surface area contributed by atoms with Crippen LogP contribution < -0.4 is 31.1 Å². The van der Waals surface area contributed by atoms with E-state index in [1.807, 2.05) is 0 Å². The molecule has 0 amide bonds. The highest BCUT2D eigenvalue weighted by Gasteiger charge is 2.63. The number of para-hydroxylation sites is 2. The van der Waals surface area contributed by atoms with Gasteiger partial charge in [-0.1, -0.05) is 163 Å². The molecule has 66 heavy (non-hydrogen) atoms. The molecule has 0 saturated carbocycles. The minimum atomic E-state index is -0.445. The molecule has 3 aliphatic heterocycles. The summed E-state index contributed by atoms with van der Waals surface area (Å²) in [7, 11) is 0. The lowest BCUT2D eigenvalue weighted by Gasteiger charge is -2.53. The van der Waals surface area contributed by atoms with Gasteiger partial charge in [-0.15, -0.1) is 0 Å². The number of benzene rings is 8. The number of hydrogen-bond acceptors (Lipinski definition) is 3. The summed E-state index contributed by atoms with van der Waals surface area (Å²) in [5, 5.41) is 0. The van der Waals surface area contributed by atoms with Gasteiger partial charge < -0.3 is 14.7 Å². The summed E-state index contributed by atoms with van der Waals surface area (Å²) in [5.41, 5.74) is 22.7. The van der Waals surface area contributed by atoms with Crippen LogP contribution in [-0.4, -0.2) is 6.71 Å². The lowest BCUT2D eigenvalue weighted by molar-refractivity contribution is 0.270. The zero-order valence-corrected chi connectivity index (χ0v) is 39.7. The lowest BCUT2D eigenvalue weighted by Crippen LogP contribution is -2.61. The molecule has 4 heteroatoms. The molecule has 3 heterocycles. The number of hydrogen-bond donors (Lipinski definition) is 0. The molecule has 12 rings (SSSR count). The summed E-state index contributed by atoms with van der Waals surface area (Å²) in [6.07, 6.45) is 2.04. The Balaban J connectivity index is 1.15. The van der Waals surface area contributed by atoms with Crippen molar-refractivity contribution in [3.63, 3.8) is 0 Å². The second-order valence-electron chi connectivity index (χ2n) is 21.6. The van der Waals surface area contributed by atoms with Crippen LogP contribution in [-0.2, 0) is 28.2 Å². The molecule has 3 nitrogen and oxygen atoms in total. The van der Waals surface area contributed by atoms with Gasteiger partial charge in [-0.05, 0) is 154 Å². The second kappa shape index (κ2) is 14.4. The lowest BCUT2D eigenvalue weighted by atomic mass is 9.33. The topological polar surface area (TPSA) is 9.72 Å². The van der Waals surface area contributed by atoms with E-state index in [0.717, 1.165) is 12.8 Å². The molecule has 0 N–H and O–H groups in total. The van der Waals surface area contributed by atoms with Crippen molar-refractivity contribution in [1.29, 1.82) is 0 Å². The molecule has 0 bridgehead atoms. The van der Waals surface area contributed by atoms with Crippen LogP contribution in [0, 0.1) is 6.92 Å². The van der Waals surface area contributed by atoms with Crippen molar-refractivity contribution < 1.29 is 0 Å². The van der Waals surface area contributed by atoms with Crippen LogP contribution in [0.5, 0.6) is 0 Å². The normalized spacial score (nSPS) is 19.1. The van der Waals surface area contributed by atoms with Gasteiger partial charge in [0, 0.05) is 45.5 Å². The predicted octanol–water partition coefficient (Wildman–Crippen LogP) is 14.0. The maximum Gasteiger partial charge on any atom is 0.252 e. The maximum atomic E-state index is 2.75. The zero-order chi connectivity index (χ0) is 45.3. The minimum Gasteiger partial charge on any atom is -0.330 e. The third kappa shape index (κ3) is 5.70. The average Bonchev–Trinajstić information content (AvgIpc) is 3.56. The Bertz CT molecular complexity index is 3210. The fraction of sp³-hybridized carbons (Fsp3) is 0.226. The first-order valence-corrected chi connectivity index (χ1v) is 24.0. The van der Waals surface area contributed by atoms with Gasteiger partial charge in [0.15, 0.2) is 0 Å². The van der Waals surface area contributed by atoms with E-state index in [2.05, 4.69) is 252 Å². The van der Waals surface area contributed by atoms with E-state index < -0.39 is 5.54 Å². The van der Waals surface area contributed by atoms with Crippen molar-refractivity contribution in [3.05, 3.63) is 221 Å². The third-order valence-corrected chi connectivity index (χ3v) is 15.8. The van der Waals surface area contributed by atoms with E-state index in [4.69, 9.17) is 0 Å². The molecule has 2 unspecified atom stereocenters.